The maximum Gasteiger partial charge on any atom is 0.0441 e. The van der Waals surface area contributed by atoms with Gasteiger partial charge in [0.05, 0.1) is 0 Å². The van der Waals surface area contributed by atoms with Crippen molar-refractivity contribution in [1.29, 1.82) is 0 Å². The summed E-state index contributed by atoms with van der Waals surface area (Å²) in [7, 11) is -0.753. The van der Waals surface area contributed by atoms with E-state index in [0.29, 0.717) is 0 Å². The Labute approximate surface area is 111 Å². The SMILES string of the molecule is CC(CNCc1ccc2ccccc2c1)S(C)=O. The Morgan fingerprint density at radius 1 is 1.17 bits per heavy atom. The van der Waals surface area contributed by atoms with Crippen LogP contribution in [-0.2, 0) is 17.3 Å². The monoisotopic (exact) mass is 261 g/mol. The van der Waals surface area contributed by atoms with E-state index in [9.17, 15) is 4.21 Å². The highest BCUT2D eigenvalue weighted by atomic mass is 32.2. The van der Waals surface area contributed by atoms with Gasteiger partial charge in [-0.1, -0.05) is 36.4 Å². The predicted molar refractivity (Wildman–Crippen MR) is 79.2 cm³/mol. The van der Waals surface area contributed by atoms with Crippen molar-refractivity contribution in [2.24, 2.45) is 0 Å². The van der Waals surface area contributed by atoms with E-state index in [1.807, 2.05) is 6.92 Å². The fourth-order valence-electron chi connectivity index (χ4n) is 1.89. The van der Waals surface area contributed by atoms with Gasteiger partial charge in [0.25, 0.3) is 0 Å². The molecule has 2 unspecified atom stereocenters. The van der Waals surface area contributed by atoms with E-state index in [4.69, 9.17) is 0 Å². The van der Waals surface area contributed by atoms with Crippen molar-refractivity contribution in [3.63, 3.8) is 0 Å². The highest BCUT2D eigenvalue weighted by molar-refractivity contribution is 7.84. The predicted octanol–water partition coefficient (Wildman–Crippen LogP) is 2.70. The molecule has 0 fully saturated rings. The average Bonchev–Trinajstić information content (AvgIpc) is 2.38. The first-order valence-corrected chi connectivity index (χ1v) is 7.79. The van der Waals surface area contributed by atoms with Gasteiger partial charge in [-0.25, -0.2) is 0 Å². The first kappa shape index (κ1) is 13.2. The van der Waals surface area contributed by atoms with Crippen LogP contribution in [0, 0.1) is 0 Å². The van der Waals surface area contributed by atoms with Crippen LogP contribution in [0.4, 0.5) is 0 Å². The number of fused-ring (bicyclic) bond motifs is 1. The van der Waals surface area contributed by atoms with Gasteiger partial charge in [-0.3, -0.25) is 4.21 Å². The largest absolute Gasteiger partial charge is 0.311 e. The maximum absolute atomic E-state index is 11.2. The Hall–Kier alpha value is -1.19. The molecule has 3 heteroatoms. The number of rotatable bonds is 5. The lowest BCUT2D eigenvalue weighted by atomic mass is 10.1. The third kappa shape index (κ3) is 3.40. The van der Waals surface area contributed by atoms with Crippen LogP contribution in [0.5, 0.6) is 0 Å². The lowest BCUT2D eigenvalue weighted by molar-refractivity contribution is 0.647. The lowest BCUT2D eigenvalue weighted by Gasteiger charge is -2.10. The van der Waals surface area contributed by atoms with Crippen molar-refractivity contribution in [1.82, 2.24) is 5.32 Å². The van der Waals surface area contributed by atoms with E-state index in [0.717, 1.165) is 13.1 Å². The van der Waals surface area contributed by atoms with Crippen LogP contribution in [-0.4, -0.2) is 22.3 Å². The second-order valence-electron chi connectivity index (χ2n) is 4.62. The van der Waals surface area contributed by atoms with Crippen LogP contribution >= 0.6 is 0 Å². The van der Waals surface area contributed by atoms with Gasteiger partial charge in [-0.05, 0) is 29.3 Å². The molecule has 0 aliphatic carbocycles. The molecule has 0 heterocycles. The molecule has 0 bridgehead atoms. The molecule has 1 N–H and O–H groups in total. The molecule has 0 radical (unpaired) electrons. The molecular weight excluding hydrogens is 242 g/mol. The Morgan fingerprint density at radius 3 is 2.61 bits per heavy atom. The second kappa shape index (κ2) is 6.12. The van der Waals surface area contributed by atoms with Crippen LogP contribution in [0.1, 0.15) is 12.5 Å². The molecule has 2 aromatic carbocycles. The fraction of sp³-hybridized carbons (Fsp3) is 0.333. The minimum absolute atomic E-state index is 0.199. The van der Waals surface area contributed by atoms with Crippen LogP contribution in [0.15, 0.2) is 42.5 Å². The molecule has 0 aliphatic heterocycles. The quantitative estimate of drug-likeness (QED) is 0.896. The summed E-state index contributed by atoms with van der Waals surface area (Å²) in [6.07, 6.45) is 1.75. The fourth-order valence-corrected chi connectivity index (χ4v) is 2.24. The van der Waals surface area contributed by atoms with Crippen molar-refractivity contribution in [2.75, 3.05) is 12.8 Å². The Kier molecular flexibility index (Phi) is 4.50. The summed E-state index contributed by atoms with van der Waals surface area (Å²) in [5.74, 6) is 0. The molecule has 0 saturated heterocycles. The molecule has 0 aromatic heterocycles. The van der Waals surface area contributed by atoms with Crippen molar-refractivity contribution in [3.05, 3.63) is 48.0 Å². The standard InChI is InChI=1S/C15H19NOS/c1-12(18(2)17)10-16-11-13-7-8-14-5-3-4-6-15(14)9-13/h3-9,12,16H,10-11H2,1-2H3. The molecule has 0 amide bonds. The summed E-state index contributed by atoms with van der Waals surface area (Å²) >= 11 is 0. The zero-order valence-corrected chi connectivity index (χ0v) is 11.7. The number of hydrogen-bond donors (Lipinski definition) is 1. The first-order valence-electron chi connectivity index (χ1n) is 6.17. The van der Waals surface area contributed by atoms with Crippen molar-refractivity contribution in [2.45, 2.75) is 18.7 Å². The number of hydrogen-bond acceptors (Lipinski definition) is 2. The molecule has 0 aliphatic rings. The third-order valence-electron chi connectivity index (χ3n) is 3.14. The molecular formula is C15H19NOS. The van der Waals surface area contributed by atoms with E-state index in [-0.39, 0.29) is 5.25 Å². The highest BCUT2D eigenvalue weighted by Gasteiger charge is 2.04. The topological polar surface area (TPSA) is 29.1 Å². The van der Waals surface area contributed by atoms with E-state index in [2.05, 4.69) is 47.8 Å². The smallest absolute Gasteiger partial charge is 0.0441 e. The molecule has 2 rings (SSSR count). The van der Waals surface area contributed by atoms with E-state index < -0.39 is 10.8 Å². The van der Waals surface area contributed by atoms with Crippen LogP contribution in [0.25, 0.3) is 10.8 Å². The van der Waals surface area contributed by atoms with Crippen LogP contribution < -0.4 is 5.32 Å². The summed E-state index contributed by atoms with van der Waals surface area (Å²) < 4.78 is 11.2. The Bertz CT molecular complexity index is 553. The van der Waals surface area contributed by atoms with Crippen LogP contribution in [0.3, 0.4) is 0 Å². The van der Waals surface area contributed by atoms with Gasteiger partial charge in [-0.2, -0.15) is 0 Å². The Morgan fingerprint density at radius 2 is 1.89 bits per heavy atom. The van der Waals surface area contributed by atoms with Gasteiger partial charge in [0.1, 0.15) is 0 Å². The molecule has 18 heavy (non-hydrogen) atoms. The maximum atomic E-state index is 11.2. The van der Waals surface area contributed by atoms with Gasteiger partial charge in [0, 0.05) is 35.4 Å². The summed E-state index contributed by atoms with van der Waals surface area (Å²) in [5, 5.41) is 6.09. The van der Waals surface area contributed by atoms with Gasteiger partial charge in [0.15, 0.2) is 0 Å². The Balaban J connectivity index is 1.98. The number of benzene rings is 2. The summed E-state index contributed by atoms with van der Waals surface area (Å²) in [4.78, 5) is 0. The lowest BCUT2D eigenvalue weighted by Crippen LogP contribution is -2.27. The van der Waals surface area contributed by atoms with Crippen molar-refractivity contribution >= 4 is 21.6 Å². The molecule has 2 nitrogen and oxygen atoms in total. The summed E-state index contributed by atoms with van der Waals surface area (Å²) in [6.45, 7) is 3.62. The molecule has 96 valence electrons. The molecule has 2 aromatic rings. The van der Waals surface area contributed by atoms with Gasteiger partial charge in [0.2, 0.25) is 0 Å². The minimum atomic E-state index is -0.753. The average molecular weight is 261 g/mol. The van der Waals surface area contributed by atoms with Crippen LogP contribution in [0.2, 0.25) is 0 Å². The minimum Gasteiger partial charge on any atom is -0.311 e. The van der Waals surface area contributed by atoms with E-state index in [1.54, 1.807) is 6.26 Å². The summed E-state index contributed by atoms with van der Waals surface area (Å²) in [6, 6.07) is 14.9. The van der Waals surface area contributed by atoms with Gasteiger partial charge < -0.3 is 5.32 Å². The van der Waals surface area contributed by atoms with E-state index in [1.165, 1.54) is 16.3 Å². The summed E-state index contributed by atoms with van der Waals surface area (Å²) in [5.41, 5.74) is 1.27. The number of nitrogens with one attached hydrogen (secondary N) is 1. The van der Waals surface area contributed by atoms with Crippen molar-refractivity contribution < 1.29 is 4.21 Å². The molecule has 0 spiro atoms. The molecule has 2 atom stereocenters. The van der Waals surface area contributed by atoms with E-state index >= 15 is 0 Å². The van der Waals surface area contributed by atoms with Gasteiger partial charge in [-0.15, -0.1) is 0 Å². The zero-order chi connectivity index (χ0) is 13.0. The first-order chi connectivity index (χ1) is 8.66. The normalized spacial score (nSPS) is 14.6. The third-order valence-corrected chi connectivity index (χ3v) is 4.44. The second-order valence-corrected chi connectivity index (χ2v) is 6.42. The van der Waals surface area contributed by atoms with Crippen molar-refractivity contribution in [3.8, 4) is 0 Å². The van der Waals surface area contributed by atoms with Gasteiger partial charge >= 0.3 is 0 Å². The zero-order valence-electron chi connectivity index (χ0n) is 10.8. The molecule has 0 saturated carbocycles. The highest BCUT2D eigenvalue weighted by Crippen LogP contribution is 2.15.